The molecule has 0 radical (unpaired) electrons. The quantitative estimate of drug-likeness (QED) is 0.809. The summed E-state index contributed by atoms with van der Waals surface area (Å²) >= 11 is 6.06. The van der Waals surface area contributed by atoms with Crippen LogP contribution in [0.2, 0.25) is 5.02 Å². The molecule has 0 atom stereocenters. The van der Waals surface area contributed by atoms with Gasteiger partial charge in [0, 0.05) is 43.1 Å². The number of hydrogen-bond acceptors (Lipinski definition) is 5. The van der Waals surface area contributed by atoms with Crippen LogP contribution in [0.5, 0.6) is 0 Å². The molecule has 0 spiro atoms. The van der Waals surface area contributed by atoms with E-state index in [1.807, 2.05) is 24.3 Å². The Morgan fingerprint density at radius 2 is 1.87 bits per heavy atom. The number of piperazine rings is 1. The van der Waals surface area contributed by atoms with Crippen LogP contribution in [0.15, 0.2) is 42.6 Å². The molecule has 5 nitrogen and oxygen atoms in total. The first-order valence-electron chi connectivity index (χ1n) is 7.47. The maximum absolute atomic E-state index is 11.4. The number of rotatable bonds is 3. The number of hydrogen-bond donors (Lipinski definition) is 0. The van der Waals surface area contributed by atoms with E-state index in [1.165, 1.54) is 7.11 Å². The molecule has 0 aliphatic carbocycles. The maximum atomic E-state index is 11.4. The lowest BCUT2D eigenvalue weighted by atomic mass is 10.2. The molecule has 23 heavy (non-hydrogen) atoms. The van der Waals surface area contributed by atoms with E-state index in [-0.39, 0.29) is 5.97 Å². The highest BCUT2D eigenvalue weighted by molar-refractivity contribution is 6.30. The summed E-state index contributed by atoms with van der Waals surface area (Å²) < 4.78 is 4.68. The van der Waals surface area contributed by atoms with Crippen LogP contribution in [0.1, 0.15) is 10.4 Å². The Labute approximate surface area is 140 Å². The van der Waals surface area contributed by atoms with Gasteiger partial charge in [0.05, 0.1) is 12.7 Å². The van der Waals surface area contributed by atoms with E-state index in [0.29, 0.717) is 5.56 Å². The summed E-state index contributed by atoms with van der Waals surface area (Å²) in [5.41, 5.74) is 1.61. The highest BCUT2D eigenvalue weighted by Gasteiger charge is 2.18. The van der Waals surface area contributed by atoms with Crippen LogP contribution in [0, 0.1) is 0 Å². The first-order valence-corrected chi connectivity index (χ1v) is 7.85. The molecule has 0 amide bonds. The minimum absolute atomic E-state index is 0.366. The predicted octanol–water partition coefficient (Wildman–Crippen LogP) is 2.85. The van der Waals surface area contributed by atoms with Gasteiger partial charge >= 0.3 is 5.97 Å². The molecule has 6 heteroatoms. The average Bonchev–Trinajstić information content (AvgIpc) is 2.61. The van der Waals surface area contributed by atoms with Gasteiger partial charge in [0.25, 0.3) is 0 Å². The van der Waals surface area contributed by atoms with Gasteiger partial charge < -0.3 is 14.5 Å². The second kappa shape index (κ2) is 6.87. The number of ether oxygens (including phenoxy) is 1. The fourth-order valence-corrected chi connectivity index (χ4v) is 2.86. The monoisotopic (exact) mass is 331 g/mol. The Bertz CT molecular complexity index is 682. The summed E-state index contributed by atoms with van der Waals surface area (Å²) in [5.74, 6) is 0.512. The molecule has 120 valence electrons. The zero-order chi connectivity index (χ0) is 16.2. The smallest absolute Gasteiger partial charge is 0.339 e. The largest absolute Gasteiger partial charge is 0.465 e. The number of esters is 1. The number of anilines is 2. The highest BCUT2D eigenvalue weighted by Crippen LogP contribution is 2.22. The fraction of sp³-hybridized carbons (Fsp3) is 0.294. The summed E-state index contributed by atoms with van der Waals surface area (Å²) in [4.78, 5) is 20.3. The molecule has 0 N–H and O–H groups in total. The molecule has 1 aliphatic rings. The zero-order valence-corrected chi connectivity index (χ0v) is 13.7. The highest BCUT2D eigenvalue weighted by atomic mass is 35.5. The maximum Gasteiger partial charge on any atom is 0.339 e. The van der Waals surface area contributed by atoms with Crippen LogP contribution in [0.3, 0.4) is 0 Å². The molecular formula is C17H18ClN3O2. The van der Waals surface area contributed by atoms with Crippen molar-refractivity contribution in [3.05, 3.63) is 53.2 Å². The van der Waals surface area contributed by atoms with Crippen LogP contribution < -0.4 is 9.80 Å². The molecule has 1 fully saturated rings. The minimum Gasteiger partial charge on any atom is -0.465 e. The molecule has 3 rings (SSSR count). The van der Waals surface area contributed by atoms with Crippen molar-refractivity contribution in [3.8, 4) is 0 Å². The molecule has 1 aliphatic heterocycles. The third-order valence-corrected chi connectivity index (χ3v) is 4.18. The molecule has 1 saturated heterocycles. The minimum atomic E-state index is -0.366. The van der Waals surface area contributed by atoms with Crippen LogP contribution in [-0.2, 0) is 4.74 Å². The van der Waals surface area contributed by atoms with E-state index in [0.717, 1.165) is 42.7 Å². The Balaban J connectivity index is 1.63. The lowest BCUT2D eigenvalue weighted by Gasteiger charge is -2.36. The zero-order valence-electron chi connectivity index (χ0n) is 12.9. The molecule has 2 heterocycles. The lowest BCUT2D eigenvalue weighted by molar-refractivity contribution is 0.0600. The Kier molecular flexibility index (Phi) is 4.67. The summed E-state index contributed by atoms with van der Waals surface area (Å²) in [6, 6.07) is 11.5. The van der Waals surface area contributed by atoms with E-state index < -0.39 is 0 Å². The van der Waals surface area contributed by atoms with Gasteiger partial charge in [0.2, 0.25) is 0 Å². The van der Waals surface area contributed by atoms with E-state index in [4.69, 9.17) is 11.6 Å². The normalized spacial score (nSPS) is 14.7. The number of carbonyl (C=O) groups excluding carboxylic acids is 1. The van der Waals surface area contributed by atoms with E-state index in [1.54, 1.807) is 12.3 Å². The summed E-state index contributed by atoms with van der Waals surface area (Å²) in [5, 5.41) is 0.755. The van der Waals surface area contributed by atoms with Gasteiger partial charge in [-0.05, 0) is 30.3 Å². The number of aromatic nitrogens is 1. The van der Waals surface area contributed by atoms with Crippen molar-refractivity contribution in [1.82, 2.24) is 4.98 Å². The Morgan fingerprint density at radius 3 is 2.48 bits per heavy atom. The van der Waals surface area contributed by atoms with Gasteiger partial charge in [-0.1, -0.05) is 17.7 Å². The van der Waals surface area contributed by atoms with Crippen molar-refractivity contribution in [2.75, 3.05) is 43.1 Å². The first-order chi connectivity index (χ1) is 11.2. The molecule has 0 unspecified atom stereocenters. The molecular weight excluding hydrogens is 314 g/mol. The Hall–Kier alpha value is -2.27. The topological polar surface area (TPSA) is 45.7 Å². The third kappa shape index (κ3) is 3.56. The number of benzene rings is 1. The first kappa shape index (κ1) is 15.6. The van der Waals surface area contributed by atoms with Crippen LogP contribution in [0.4, 0.5) is 11.5 Å². The lowest BCUT2D eigenvalue weighted by Crippen LogP contribution is -2.46. The van der Waals surface area contributed by atoms with E-state index >= 15 is 0 Å². The van der Waals surface area contributed by atoms with Gasteiger partial charge in [0.15, 0.2) is 0 Å². The van der Waals surface area contributed by atoms with Crippen LogP contribution in [-0.4, -0.2) is 44.2 Å². The fourth-order valence-electron chi connectivity index (χ4n) is 2.68. The number of carbonyl (C=O) groups is 1. The van der Waals surface area contributed by atoms with Gasteiger partial charge in [0.1, 0.15) is 5.82 Å². The molecule has 0 bridgehead atoms. The van der Waals surface area contributed by atoms with E-state index in [2.05, 4.69) is 25.6 Å². The van der Waals surface area contributed by atoms with Crippen molar-refractivity contribution in [2.45, 2.75) is 0 Å². The molecule has 1 aromatic carbocycles. The molecule has 1 aromatic heterocycles. The van der Waals surface area contributed by atoms with Crippen LogP contribution in [0.25, 0.3) is 0 Å². The number of pyridine rings is 1. The molecule has 2 aromatic rings. The summed E-state index contributed by atoms with van der Waals surface area (Å²) in [7, 11) is 1.37. The third-order valence-electron chi connectivity index (χ3n) is 3.95. The summed E-state index contributed by atoms with van der Waals surface area (Å²) in [6.45, 7) is 3.55. The van der Waals surface area contributed by atoms with Gasteiger partial charge in [-0.15, -0.1) is 0 Å². The number of nitrogens with zero attached hydrogens (tertiary/aromatic N) is 3. The average molecular weight is 332 g/mol. The van der Waals surface area contributed by atoms with Crippen molar-refractivity contribution in [1.29, 1.82) is 0 Å². The van der Waals surface area contributed by atoms with Crippen molar-refractivity contribution in [3.63, 3.8) is 0 Å². The standard InChI is InChI=1S/C17H18ClN3O2/c1-23-17(22)13-5-6-16(19-12-13)21-9-7-20(8-10-21)15-4-2-3-14(18)11-15/h2-6,11-12H,7-10H2,1H3. The predicted molar refractivity (Wildman–Crippen MR) is 91.5 cm³/mol. The van der Waals surface area contributed by atoms with Crippen molar-refractivity contribution < 1.29 is 9.53 Å². The Morgan fingerprint density at radius 1 is 1.13 bits per heavy atom. The van der Waals surface area contributed by atoms with E-state index in [9.17, 15) is 4.79 Å². The van der Waals surface area contributed by atoms with Crippen molar-refractivity contribution >= 4 is 29.1 Å². The van der Waals surface area contributed by atoms with Gasteiger partial charge in [-0.25, -0.2) is 9.78 Å². The second-order valence-electron chi connectivity index (χ2n) is 5.35. The van der Waals surface area contributed by atoms with Gasteiger partial charge in [-0.2, -0.15) is 0 Å². The summed E-state index contributed by atoms with van der Waals surface area (Å²) in [6.07, 6.45) is 1.56. The number of halogens is 1. The van der Waals surface area contributed by atoms with Crippen LogP contribution >= 0.6 is 11.6 Å². The second-order valence-corrected chi connectivity index (χ2v) is 5.79. The molecule has 0 saturated carbocycles. The van der Waals surface area contributed by atoms with Crippen molar-refractivity contribution in [2.24, 2.45) is 0 Å². The number of methoxy groups -OCH3 is 1. The van der Waals surface area contributed by atoms with Gasteiger partial charge in [-0.3, -0.25) is 0 Å². The SMILES string of the molecule is COC(=O)c1ccc(N2CCN(c3cccc(Cl)c3)CC2)nc1.